The molecule has 1 amide bonds. The number of phenolic OH excluding ortho intramolecular Hbond substituents is 1. The first kappa shape index (κ1) is 16.0. The molecule has 1 aromatic carbocycles. The van der Waals surface area contributed by atoms with Crippen molar-refractivity contribution in [3.8, 4) is 11.5 Å². The minimum absolute atomic E-state index is 0.00345. The predicted molar refractivity (Wildman–Crippen MR) is 89.0 cm³/mol. The van der Waals surface area contributed by atoms with Crippen molar-refractivity contribution >= 4 is 16.9 Å². The lowest BCUT2D eigenvalue weighted by atomic mass is 10.0. The van der Waals surface area contributed by atoms with E-state index < -0.39 is 5.63 Å². The summed E-state index contributed by atoms with van der Waals surface area (Å²) >= 11 is 0. The molecule has 2 fully saturated rings. The van der Waals surface area contributed by atoms with Crippen LogP contribution in [0.25, 0.3) is 11.0 Å². The molecule has 0 unspecified atom stereocenters. The van der Waals surface area contributed by atoms with Gasteiger partial charge >= 0.3 is 5.63 Å². The van der Waals surface area contributed by atoms with Crippen molar-refractivity contribution in [1.29, 1.82) is 0 Å². The molecule has 0 aliphatic carbocycles. The molecule has 2 bridgehead atoms. The molecule has 0 saturated carbocycles. The number of carbonyl (C=O) groups excluding carboxylic acids is 1. The summed E-state index contributed by atoms with van der Waals surface area (Å²) in [7, 11) is 1.45. The second kappa shape index (κ2) is 5.77. The number of fused-ring (bicyclic) bond motifs is 3. The Morgan fingerprint density at radius 3 is 2.88 bits per heavy atom. The topological polar surface area (TPSA) is 89.2 Å². The summed E-state index contributed by atoms with van der Waals surface area (Å²) in [6.45, 7) is 2.93. The Morgan fingerprint density at radius 2 is 2.24 bits per heavy atom. The van der Waals surface area contributed by atoms with Crippen LogP contribution < -0.4 is 10.4 Å². The maximum Gasteiger partial charge on any atom is 0.340 e. The molecule has 2 aromatic rings. The number of ether oxygens (including phenoxy) is 2. The molecule has 2 saturated heterocycles. The average Bonchev–Trinajstić information content (AvgIpc) is 3.21. The van der Waals surface area contributed by atoms with Crippen LogP contribution in [0.4, 0.5) is 0 Å². The van der Waals surface area contributed by atoms with E-state index in [1.54, 1.807) is 17.9 Å². The maximum atomic E-state index is 12.6. The molecule has 7 nitrogen and oxygen atoms in total. The number of rotatable bonds is 3. The molecule has 25 heavy (non-hydrogen) atoms. The van der Waals surface area contributed by atoms with Crippen LogP contribution in [0.15, 0.2) is 21.3 Å². The van der Waals surface area contributed by atoms with Gasteiger partial charge in [0.25, 0.3) is 0 Å². The van der Waals surface area contributed by atoms with E-state index in [1.807, 2.05) is 0 Å². The Bertz CT molecular complexity index is 918. The van der Waals surface area contributed by atoms with Crippen molar-refractivity contribution in [2.24, 2.45) is 0 Å². The normalized spacial score (nSPS) is 21.9. The van der Waals surface area contributed by atoms with Gasteiger partial charge in [0, 0.05) is 18.0 Å². The van der Waals surface area contributed by atoms with Gasteiger partial charge in [0.05, 0.1) is 37.8 Å². The number of amides is 1. The number of hydrogen-bond donors (Lipinski definition) is 1. The zero-order valence-corrected chi connectivity index (χ0v) is 14.1. The predicted octanol–water partition coefficient (Wildman–Crippen LogP) is 1.36. The van der Waals surface area contributed by atoms with Gasteiger partial charge in [-0.1, -0.05) is 0 Å². The molecule has 2 aliphatic rings. The monoisotopic (exact) mass is 345 g/mol. The van der Waals surface area contributed by atoms with Crippen molar-refractivity contribution < 1.29 is 23.8 Å². The second-order valence-corrected chi connectivity index (χ2v) is 6.58. The van der Waals surface area contributed by atoms with Crippen LogP contribution in [0.1, 0.15) is 17.5 Å². The minimum atomic E-state index is -0.552. The first-order valence-electron chi connectivity index (χ1n) is 8.22. The fourth-order valence-electron chi connectivity index (χ4n) is 3.73. The van der Waals surface area contributed by atoms with E-state index in [0.29, 0.717) is 29.7 Å². The number of carbonyl (C=O) groups is 1. The van der Waals surface area contributed by atoms with E-state index in [9.17, 15) is 14.7 Å². The number of phenols is 1. The Balaban J connectivity index is 1.70. The number of morpholine rings is 1. The van der Waals surface area contributed by atoms with E-state index in [0.717, 1.165) is 6.42 Å². The van der Waals surface area contributed by atoms with E-state index in [4.69, 9.17) is 13.9 Å². The third kappa shape index (κ3) is 2.55. The highest BCUT2D eigenvalue weighted by Crippen LogP contribution is 2.33. The van der Waals surface area contributed by atoms with E-state index >= 15 is 0 Å². The van der Waals surface area contributed by atoms with Crippen LogP contribution in [-0.4, -0.2) is 48.3 Å². The van der Waals surface area contributed by atoms with E-state index in [-0.39, 0.29) is 41.6 Å². The van der Waals surface area contributed by atoms with E-state index in [1.165, 1.54) is 13.2 Å². The number of aromatic hydroxyl groups is 1. The molecule has 0 spiro atoms. The zero-order valence-electron chi connectivity index (χ0n) is 14.1. The molecule has 1 N–H and O–H groups in total. The number of likely N-dealkylation sites (tertiary alicyclic amines) is 1. The molecule has 0 radical (unpaired) electrons. The Morgan fingerprint density at radius 1 is 1.44 bits per heavy atom. The van der Waals surface area contributed by atoms with E-state index in [2.05, 4.69) is 0 Å². The van der Waals surface area contributed by atoms with Crippen molar-refractivity contribution in [3.05, 3.63) is 33.7 Å². The van der Waals surface area contributed by atoms with Crippen LogP contribution in [0.3, 0.4) is 0 Å². The Kier molecular flexibility index (Phi) is 3.68. The largest absolute Gasteiger partial charge is 0.504 e. The average molecular weight is 345 g/mol. The smallest absolute Gasteiger partial charge is 0.340 e. The van der Waals surface area contributed by atoms with Crippen molar-refractivity contribution in [3.63, 3.8) is 0 Å². The summed E-state index contributed by atoms with van der Waals surface area (Å²) in [6, 6.07) is 3.08. The first-order valence-corrected chi connectivity index (χ1v) is 8.22. The number of methoxy groups -OCH3 is 1. The third-order valence-corrected chi connectivity index (χ3v) is 5.14. The number of hydrogen-bond acceptors (Lipinski definition) is 6. The van der Waals surface area contributed by atoms with Gasteiger partial charge < -0.3 is 23.9 Å². The second-order valence-electron chi connectivity index (χ2n) is 6.58. The summed E-state index contributed by atoms with van der Waals surface area (Å²) in [5.41, 5.74) is 0.724. The van der Waals surface area contributed by atoms with Gasteiger partial charge in [0.15, 0.2) is 11.5 Å². The van der Waals surface area contributed by atoms with Gasteiger partial charge in [-0.3, -0.25) is 4.79 Å². The highest BCUT2D eigenvalue weighted by Gasteiger charge is 2.41. The quantitative estimate of drug-likeness (QED) is 0.845. The summed E-state index contributed by atoms with van der Waals surface area (Å²) < 4.78 is 15.9. The number of benzene rings is 1. The van der Waals surface area contributed by atoms with Gasteiger partial charge in [-0.25, -0.2) is 4.79 Å². The van der Waals surface area contributed by atoms with Gasteiger partial charge in [-0.15, -0.1) is 0 Å². The van der Waals surface area contributed by atoms with Gasteiger partial charge in [-0.2, -0.15) is 0 Å². The lowest BCUT2D eigenvalue weighted by Gasteiger charge is -2.27. The van der Waals surface area contributed by atoms with Crippen LogP contribution in [0.2, 0.25) is 0 Å². The Hall–Kier alpha value is -2.54. The van der Waals surface area contributed by atoms with Crippen molar-refractivity contribution in [1.82, 2.24) is 4.90 Å². The summed E-state index contributed by atoms with van der Waals surface area (Å²) in [5, 5.41) is 10.5. The SMILES string of the molecule is COc1cc2c(C)c(CC(=O)N3C[C@@H]4C[C@H]3CO4)c(=O)oc2cc1O. The molecule has 1 aromatic heterocycles. The van der Waals surface area contributed by atoms with Gasteiger partial charge in [-0.05, 0) is 25.0 Å². The molecule has 7 heteroatoms. The highest BCUT2D eigenvalue weighted by molar-refractivity contribution is 5.87. The van der Waals surface area contributed by atoms with Crippen molar-refractivity contribution in [2.45, 2.75) is 31.9 Å². The molecular formula is C18H19NO6. The van der Waals surface area contributed by atoms with Crippen LogP contribution in [0, 0.1) is 6.92 Å². The highest BCUT2D eigenvalue weighted by atomic mass is 16.5. The fraction of sp³-hybridized carbons (Fsp3) is 0.444. The molecule has 2 atom stereocenters. The molecule has 3 heterocycles. The number of nitrogens with zero attached hydrogens (tertiary/aromatic N) is 1. The van der Waals surface area contributed by atoms with Crippen LogP contribution in [0.5, 0.6) is 11.5 Å². The maximum absolute atomic E-state index is 12.6. The molecule has 132 valence electrons. The van der Waals surface area contributed by atoms with Crippen LogP contribution in [-0.2, 0) is 16.0 Å². The summed E-state index contributed by atoms with van der Waals surface area (Å²) in [5.74, 6) is 0.0986. The van der Waals surface area contributed by atoms with Gasteiger partial charge in [0.2, 0.25) is 5.91 Å². The van der Waals surface area contributed by atoms with Crippen molar-refractivity contribution in [2.75, 3.05) is 20.3 Å². The molecule has 2 aliphatic heterocycles. The summed E-state index contributed by atoms with van der Waals surface area (Å²) in [4.78, 5) is 26.8. The minimum Gasteiger partial charge on any atom is -0.504 e. The first-order chi connectivity index (χ1) is 12.0. The lowest BCUT2D eigenvalue weighted by molar-refractivity contribution is -0.134. The molecule has 4 rings (SSSR count). The standard InChI is InChI=1S/C18H19NO6/c1-9-12-4-16(23-2)14(20)6-15(12)25-18(22)13(9)5-17(21)19-7-11-3-10(19)8-24-11/h4,6,10-11,20H,3,5,7-8H2,1-2H3/t10-,11-/m0/s1. The lowest BCUT2D eigenvalue weighted by Crippen LogP contribution is -2.42. The third-order valence-electron chi connectivity index (χ3n) is 5.14. The van der Waals surface area contributed by atoms with Gasteiger partial charge in [0.1, 0.15) is 5.58 Å². The Labute approximate surface area is 143 Å². The van der Waals surface area contributed by atoms with Crippen LogP contribution >= 0.6 is 0 Å². The molecular weight excluding hydrogens is 326 g/mol. The zero-order chi connectivity index (χ0) is 17.7. The number of aryl methyl sites for hydroxylation is 1. The fourth-order valence-corrected chi connectivity index (χ4v) is 3.73. The summed E-state index contributed by atoms with van der Waals surface area (Å²) in [6.07, 6.45) is 0.986.